The average Bonchev–Trinajstić information content (AvgIpc) is 3.42. The van der Waals surface area contributed by atoms with Gasteiger partial charge in [0.05, 0.1) is 17.9 Å². The van der Waals surface area contributed by atoms with E-state index in [4.69, 9.17) is 16.3 Å². The number of aryl methyl sites for hydroxylation is 1. The van der Waals surface area contributed by atoms with Crippen molar-refractivity contribution in [2.75, 3.05) is 17.7 Å². The monoisotopic (exact) mass is 496 g/mol. The molecule has 1 N–H and O–H groups in total. The Hall–Kier alpha value is -3.30. The summed E-state index contributed by atoms with van der Waals surface area (Å²) in [5.74, 6) is 1.56. The molecule has 176 valence electrons. The third-order valence-corrected chi connectivity index (χ3v) is 6.22. The fourth-order valence-corrected chi connectivity index (χ4v) is 4.41. The molecule has 4 aromatic rings. The molecule has 2 aromatic carbocycles. The molecule has 0 bridgehead atoms. The molecule has 8 nitrogen and oxygen atoms in total. The van der Waals surface area contributed by atoms with Gasteiger partial charge in [-0.05, 0) is 50.2 Å². The van der Waals surface area contributed by atoms with Gasteiger partial charge in [0.2, 0.25) is 5.91 Å². The van der Waals surface area contributed by atoms with Crippen molar-refractivity contribution in [1.82, 2.24) is 24.5 Å². The maximum absolute atomic E-state index is 12.5. The number of nitrogens with one attached hydrogen (secondary N) is 1. The van der Waals surface area contributed by atoms with Gasteiger partial charge in [0.25, 0.3) is 0 Å². The first-order valence-corrected chi connectivity index (χ1v) is 12.2. The molecule has 10 heteroatoms. The van der Waals surface area contributed by atoms with Crippen molar-refractivity contribution in [3.63, 3.8) is 0 Å². The van der Waals surface area contributed by atoms with E-state index in [-0.39, 0.29) is 11.7 Å². The zero-order chi connectivity index (χ0) is 24.1. The highest BCUT2D eigenvalue weighted by atomic mass is 35.5. The third kappa shape index (κ3) is 5.43. The minimum atomic E-state index is -0.121. The summed E-state index contributed by atoms with van der Waals surface area (Å²) < 4.78 is 9.18. The first-order chi connectivity index (χ1) is 16.5. The fraction of sp³-hybridized carbons (Fsp3) is 0.250. The number of amides is 1. The molecular weight excluding hydrogens is 472 g/mol. The molecule has 2 aromatic heterocycles. The number of benzene rings is 2. The van der Waals surface area contributed by atoms with E-state index in [0.29, 0.717) is 29.2 Å². The lowest BCUT2D eigenvalue weighted by Gasteiger charge is -2.09. The summed E-state index contributed by atoms with van der Waals surface area (Å²) >= 11 is 7.39. The largest absolute Gasteiger partial charge is 0.494 e. The highest BCUT2D eigenvalue weighted by Crippen LogP contribution is 2.32. The smallest absolute Gasteiger partial charge is 0.234 e. The maximum Gasteiger partial charge on any atom is 0.234 e. The van der Waals surface area contributed by atoms with Crippen LogP contribution in [0.1, 0.15) is 13.8 Å². The molecule has 0 spiro atoms. The summed E-state index contributed by atoms with van der Waals surface area (Å²) in [6, 6.07) is 14.8. The van der Waals surface area contributed by atoms with Crippen LogP contribution in [0.25, 0.3) is 22.6 Å². The molecule has 0 saturated heterocycles. The Morgan fingerprint density at radius 1 is 1.09 bits per heavy atom. The van der Waals surface area contributed by atoms with E-state index >= 15 is 0 Å². The van der Waals surface area contributed by atoms with E-state index in [2.05, 4.69) is 20.6 Å². The van der Waals surface area contributed by atoms with E-state index < -0.39 is 0 Å². The minimum Gasteiger partial charge on any atom is -0.494 e. The zero-order valence-corrected chi connectivity index (χ0v) is 20.7. The molecule has 0 aliphatic carbocycles. The second kappa shape index (κ2) is 10.8. The highest BCUT2D eigenvalue weighted by molar-refractivity contribution is 7.99. The molecular formula is C24H25ClN6O2S. The van der Waals surface area contributed by atoms with Gasteiger partial charge >= 0.3 is 0 Å². The Kier molecular flexibility index (Phi) is 7.54. The number of nitrogens with zero attached hydrogens (tertiary/aromatic N) is 5. The van der Waals surface area contributed by atoms with Crippen molar-refractivity contribution in [2.24, 2.45) is 7.05 Å². The van der Waals surface area contributed by atoms with Crippen molar-refractivity contribution in [3.8, 4) is 28.4 Å². The first-order valence-electron chi connectivity index (χ1n) is 10.9. The molecule has 4 rings (SSSR count). The second-order valence-electron chi connectivity index (χ2n) is 7.42. The third-order valence-electron chi connectivity index (χ3n) is 5.00. The van der Waals surface area contributed by atoms with Crippen LogP contribution in [0, 0.1) is 0 Å². The number of hydrogen-bond donors (Lipinski definition) is 1. The Labute approximate surface area is 207 Å². The number of rotatable bonds is 9. The van der Waals surface area contributed by atoms with Crippen molar-refractivity contribution < 1.29 is 9.53 Å². The molecule has 0 radical (unpaired) electrons. The number of thioether (sulfide) groups is 1. The first kappa shape index (κ1) is 23.8. The maximum atomic E-state index is 12.5. The van der Waals surface area contributed by atoms with Crippen LogP contribution in [0.3, 0.4) is 0 Å². The van der Waals surface area contributed by atoms with Crippen LogP contribution in [-0.4, -0.2) is 42.8 Å². The molecule has 34 heavy (non-hydrogen) atoms. The SMILES string of the molecule is CCOc1ccc(NC(=O)CSc2nnc(-c3cn(C)nc3-c3ccc(Cl)cc3)n2CC)cc1. The van der Waals surface area contributed by atoms with E-state index in [1.807, 2.05) is 80.2 Å². The Morgan fingerprint density at radius 2 is 1.82 bits per heavy atom. The van der Waals surface area contributed by atoms with E-state index in [9.17, 15) is 4.79 Å². The predicted molar refractivity (Wildman–Crippen MR) is 135 cm³/mol. The lowest BCUT2D eigenvalue weighted by molar-refractivity contribution is -0.113. The van der Waals surface area contributed by atoms with Crippen molar-refractivity contribution >= 4 is 35.0 Å². The highest BCUT2D eigenvalue weighted by Gasteiger charge is 2.20. The number of aromatic nitrogens is 5. The van der Waals surface area contributed by atoms with Gasteiger partial charge in [-0.1, -0.05) is 35.5 Å². The normalized spacial score (nSPS) is 10.9. The zero-order valence-electron chi connectivity index (χ0n) is 19.2. The number of carbonyl (C=O) groups is 1. The fourth-order valence-electron chi connectivity index (χ4n) is 3.48. The van der Waals surface area contributed by atoms with Gasteiger partial charge < -0.3 is 14.6 Å². The summed E-state index contributed by atoms with van der Waals surface area (Å²) in [7, 11) is 1.87. The summed E-state index contributed by atoms with van der Waals surface area (Å²) in [6.07, 6.45) is 1.92. The van der Waals surface area contributed by atoms with E-state index in [0.717, 1.165) is 28.3 Å². The molecule has 1 amide bonds. The summed E-state index contributed by atoms with van der Waals surface area (Å²) in [5.41, 5.74) is 3.32. The Balaban J connectivity index is 1.49. The van der Waals surface area contributed by atoms with Gasteiger partial charge in [-0.2, -0.15) is 5.10 Å². The van der Waals surface area contributed by atoms with Crippen LogP contribution in [0.2, 0.25) is 5.02 Å². The minimum absolute atomic E-state index is 0.121. The molecule has 2 heterocycles. The number of carbonyl (C=O) groups excluding carboxylic acids is 1. The van der Waals surface area contributed by atoms with Crippen molar-refractivity contribution in [3.05, 3.63) is 59.8 Å². The van der Waals surface area contributed by atoms with Crippen molar-refractivity contribution in [1.29, 1.82) is 0 Å². The second-order valence-corrected chi connectivity index (χ2v) is 8.80. The van der Waals surface area contributed by atoms with Crippen LogP contribution in [-0.2, 0) is 18.4 Å². The van der Waals surface area contributed by atoms with Crippen LogP contribution in [0.5, 0.6) is 5.75 Å². The molecule has 0 unspecified atom stereocenters. The predicted octanol–water partition coefficient (Wildman–Crippen LogP) is 5.15. The Bertz CT molecular complexity index is 1270. The van der Waals surface area contributed by atoms with Crippen LogP contribution >= 0.6 is 23.4 Å². The topological polar surface area (TPSA) is 86.9 Å². The number of ether oxygens (including phenoxy) is 1. The molecule has 0 saturated carbocycles. The van der Waals surface area contributed by atoms with Crippen LogP contribution in [0.15, 0.2) is 59.9 Å². The molecule has 0 aliphatic heterocycles. The lowest BCUT2D eigenvalue weighted by atomic mass is 10.1. The summed E-state index contributed by atoms with van der Waals surface area (Å²) in [4.78, 5) is 12.5. The van der Waals surface area contributed by atoms with E-state index in [1.54, 1.807) is 4.68 Å². The van der Waals surface area contributed by atoms with E-state index in [1.165, 1.54) is 11.8 Å². The average molecular weight is 497 g/mol. The van der Waals surface area contributed by atoms with Gasteiger partial charge in [-0.15, -0.1) is 10.2 Å². The standard InChI is InChI=1S/C24H25ClN6O2S/c1-4-31-23(20-14-30(3)29-22(20)16-6-8-17(25)9-7-16)27-28-24(31)34-15-21(32)26-18-10-12-19(13-11-18)33-5-2/h6-14H,4-5,15H2,1-3H3,(H,26,32). The van der Waals surface area contributed by atoms with Crippen LogP contribution in [0.4, 0.5) is 5.69 Å². The quantitative estimate of drug-likeness (QED) is 0.322. The Morgan fingerprint density at radius 3 is 2.50 bits per heavy atom. The van der Waals surface area contributed by atoms with Gasteiger partial charge in [0.1, 0.15) is 11.4 Å². The lowest BCUT2D eigenvalue weighted by Crippen LogP contribution is -2.14. The number of anilines is 1. The van der Waals surface area contributed by atoms with Gasteiger partial charge in [0, 0.05) is 36.1 Å². The van der Waals surface area contributed by atoms with Crippen molar-refractivity contribution in [2.45, 2.75) is 25.5 Å². The number of hydrogen-bond acceptors (Lipinski definition) is 6. The molecule has 0 aliphatic rings. The van der Waals surface area contributed by atoms with Gasteiger partial charge in [-0.25, -0.2) is 0 Å². The molecule has 0 fully saturated rings. The molecule has 0 atom stereocenters. The number of halogens is 1. The van der Waals surface area contributed by atoms with Gasteiger partial charge in [0.15, 0.2) is 11.0 Å². The summed E-state index contributed by atoms with van der Waals surface area (Å²) in [5, 5.41) is 17.6. The summed E-state index contributed by atoms with van der Waals surface area (Å²) in [6.45, 7) is 5.21. The van der Waals surface area contributed by atoms with Gasteiger partial charge in [-0.3, -0.25) is 9.48 Å². The van der Waals surface area contributed by atoms with Crippen LogP contribution < -0.4 is 10.1 Å².